The normalized spacial score (nSPS) is 22.5. The molecule has 2 heterocycles. The molecule has 0 bridgehead atoms. The van der Waals surface area contributed by atoms with E-state index in [2.05, 4.69) is 28.2 Å². The minimum atomic E-state index is -1.54. The Morgan fingerprint density at radius 1 is 0.736 bits per heavy atom. The van der Waals surface area contributed by atoms with E-state index in [1.165, 1.54) is 23.1 Å². The first-order valence-corrected chi connectivity index (χ1v) is 19.6. The van der Waals surface area contributed by atoms with Gasteiger partial charge in [0.1, 0.15) is 30.2 Å². The zero-order chi connectivity index (χ0) is 39.5. The number of nitrogens with zero attached hydrogens (tertiary/aromatic N) is 2. The standard InChI is InChI=1S/C38H64N6O9/c1-7-18-39-35(51)31(24(3)45)42-34(50)28-17-13-20-43(28)36(52)26(22-30(47)48)40-33(49)27-16-11-12-19-44(27)37(53)32(38(4,5)6)41-29(46)21-23(2)25-14-9-8-10-15-25/h23-28,31-32,45H,7-22H2,1-6H3,(H,39,51)(H,40,49)(H,41,46)(H,42,50)(H,47,48)/t23-,24?,26-,27-,28-,31-,32+/m0/s1. The summed E-state index contributed by atoms with van der Waals surface area (Å²) in [7, 11) is 0. The van der Waals surface area contributed by atoms with Crippen LogP contribution in [-0.2, 0) is 33.6 Å². The predicted octanol–water partition coefficient (Wildman–Crippen LogP) is 1.85. The highest BCUT2D eigenvalue weighted by molar-refractivity contribution is 5.98. The molecule has 0 aromatic heterocycles. The van der Waals surface area contributed by atoms with Gasteiger partial charge >= 0.3 is 5.97 Å². The number of aliphatic carboxylic acids is 1. The molecule has 1 unspecified atom stereocenters. The number of piperidine rings is 1. The average molecular weight is 749 g/mol. The molecule has 6 N–H and O–H groups in total. The Kier molecular flexibility index (Phi) is 16.5. The molecule has 3 aliphatic rings. The second kappa shape index (κ2) is 20.1. The molecule has 0 aromatic rings. The van der Waals surface area contributed by atoms with Crippen molar-refractivity contribution >= 4 is 41.4 Å². The molecule has 7 atom stereocenters. The maximum Gasteiger partial charge on any atom is 0.305 e. The molecule has 2 saturated heterocycles. The van der Waals surface area contributed by atoms with Gasteiger partial charge in [-0.15, -0.1) is 0 Å². The van der Waals surface area contributed by atoms with Crippen LogP contribution in [0.3, 0.4) is 0 Å². The van der Waals surface area contributed by atoms with Gasteiger partial charge < -0.3 is 41.3 Å². The lowest BCUT2D eigenvalue weighted by molar-refractivity contribution is -0.150. The molecule has 53 heavy (non-hydrogen) atoms. The SMILES string of the molecule is CCCNC(=O)[C@@H](NC(=O)[C@@H]1CCCN1C(=O)[C@H](CC(=O)O)NC(=O)[C@@H]1CCCCN1C(=O)[C@@H](NC(=O)C[C@H](C)C1CCCCC1)C(C)(C)C)C(C)O. The Labute approximate surface area is 314 Å². The summed E-state index contributed by atoms with van der Waals surface area (Å²) < 4.78 is 0. The summed E-state index contributed by atoms with van der Waals surface area (Å²) in [6.45, 7) is 11.6. The highest BCUT2D eigenvalue weighted by Gasteiger charge is 2.44. The molecule has 1 saturated carbocycles. The first-order valence-electron chi connectivity index (χ1n) is 19.6. The number of carbonyl (C=O) groups excluding carboxylic acids is 6. The third-order valence-electron chi connectivity index (χ3n) is 10.9. The van der Waals surface area contributed by atoms with Crippen LogP contribution in [0.5, 0.6) is 0 Å². The van der Waals surface area contributed by atoms with Gasteiger partial charge in [0, 0.05) is 26.1 Å². The summed E-state index contributed by atoms with van der Waals surface area (Å²) in [6, 6.07) is -5.78. The quantitative estimate of drug-likeness (QED) is 0.136. The van der Waals surface area contributed by atoms with Crippen molar-refractivity contribution in [2.24, 2.45) is 17.3 Å². The number of hydrogen-bond donors (Lipinski definition) is 6. The third-order valence-corrected chi connectivity index (χ3v) is 10.9. The second-order valence-corrected chi connectivity index (χ2v) is 16.4. The Bertz CT molecular complexity index is 1310. The lowest BCUT2D eigenvalue weighted by atomic mass is 9.79. The van der Waals surface area contributed by atoms with Gasteiger partial charge in [0.25, 0.3) is 0 Å². The van der Waals surface area contributed by atoms with Crippen molar-refractivity contribution < 1.29 is 43.8 Å². The zero-order valence-electron chi connectivity index (χ0n) is 32.6. The zero-order valence-corrected chi connectivity index (χ0v) is 32.6. The first-order chi connectivity index (χ1) is 25.0. The van der Waals surface area contributed by atoms with E-state index in [-0.39, 0.29) is 37.8 Å². The van der Waals surface area contributed by atoms with E-state index in [0.717, 1.165) is 25.7 Å². The van der Waals surface area contributed by atoms with Crippen molar-refractivity contribution in [3.05, 3.63) is 0 Å². The fraction of sp³-hybridized carbons (Fsp3) is 0.816. The summed E-state index contributed by atoms with van der Waals surface area (Å²) in [5.41, 5.74) is -0.685. The van der Waals surface area contributed by atoms with Crippen LogP contribution in [0, 0.1) is 17.3 Å². The number of likely N-dealkylation sites (tertiary alicyclic amines) is 2. The highest BCUT2D eigenvalue weighted by Crippen LogP contribution is 2.32. The molecule has 300 valence electrons. The van der Waals surface area contributed by atoms with Gasteiger partial charge in [-0.3, -0.25) is 33.6 Å². The Hall–Kier alpha value is -3.75. The molecular weight excluding hydrogens is 684 g/mol. The van der Waals surface area contributed by atoms with Crippen LogP contribution in [0.25, 0.3) is 0 Å². The summed E-state index contributed by atoms with van der Waals surface area (Å²) in [6.07, 6.45) is 6.88. The van der Waals surface area contributed by atoms with Crippen LogP contribution in [0.4, 0.5) is 0 Å². The van der Waals surface area contributed by atoms with Crippen molar-refractivity contribution in [2.75, 3.05) is 19.6 Å². The van der Waals surface area contributed by atoms with Crippen LogP contribution in [0.2, 0.25) is 0 Å². The smallest absolute Gasteiger partial charge is 0.305 e. The van der Waals surface area contributed by atoms with Crippen molar-refractivity contribution in [1.29, 1.82) is 0 Å². The summed E-state index contributed by atoms with van der Waals surface area (Å²) in [4.78, 5) is 96.0. The number of amides is 6. The molecule has 15 heteroatoms. The van der Waals surface area contributed by atoms with Crippen LogP contribution in [0.1, 0.15) is 125 Å². The molecule has 6 amide bonds. The van der Waals surface area contributed by atoms with E-state index < -0.39 is 83.7 Å². The Morgan fingerprint density at radius 3 is 1.89 bits per heavy atom. The second-order valence-electron chi connectivity index (χ2n) is 16.4. The van der Waals surface area contributed by atoms with Gasteiger partial charge in [0.05, 0.1) is 12.5 Å². The monoisotopic (exact) mass is 748 g/mol. The topological polar surface area (TPSA) is 215 Å². The lowest BCUT2D eigenvalue weighted by Crippen LogP contribution is -2.62. The molecule has 0 radical (unpaired) electrons. The van der Waals surface area contributed by atoms with Crippen LogP contribution >= 0.6 is 0 Å². The van der Waals surface area contributed by atoms with Crippen LogP contribution in [-0.4, -0.2) is 117 Å². The van der Waals surface area contributed by atoms with Crippen molar-refractivity contribution in [3.8, 4) is 0 Å². The third kappa shape index (κ3) is 12.4. The van der Waals surface area contributed by atoms with E-state index >= 15 is 0 Å². The van der Waals surface area contributed by atoms with E-state index in [1.54, 1.807) is 0 Å². The molecule has 3 fully saturated rings. The largest absolute Gasteiger partial charge is 0.481 e. The fourth-order valence-corrected chi connectivity index (χ4v) is 7.82. The van der Waals surface area contributed by atoms with E-state index in [0.29, 0.717) is 44.6 Å². The van der Waals surface area contributed by atoms with Gasteiger partial charge in [-0.2, -0.15) is 0 Å². The molecular formula is C38H64N6O9. The number of carboxylic acids is 1. The van der Waals surface area contributed by atoms with Gasteiger partial charge in [0.2, 0.25) is 35.4 Å². The summed E-state index contributed by atoms with van der Waals surface area (Å²) in [5.74, 6) is -4.05. The maximum atomic E-state index is 14.2. The highest BCUT2D eigenvalue weighted by atomic mass is 16.4. The van der Waals surface area contributed by atoms with E-state index in [9.17, 15) is 43.8 Å². The number of hydrogen-bond acceptors (Lipinski definition) is 8. The van der Waals surface area contributed by atoms with Crippen molar-refractivity contribution in [3.63, 3.8) is 0 Å². The number of carboxylic acid groups (broad SMARTS) is 1. The van der Waals surface area contributed by atoms with Crippen LogP contribution < -0.4 is 21.3 Å². The number of nitrogens with one attached hydrogen (secondary N) is 4. The maximum absolute atomic E-state index is 14.2. The lowest BCUT2D eigenvalue weighted by Gasteiger charge is -2.41. The number of aliphatic hydroxyl groups is 1. The minimum Gasteiger partial charge on any atom is -0.481 e. The van der Waals surface area contributed by atoms with E-state index in [4.69, 9.17) is 0 Å². The van der Waals surface area contributed by atoms with Gasteiger partial charge in [0.15, 0.2) is 0 Å². The molecule has 3 rings (SSSR count). The van der Waals surface area contributed by atoms with E-state index in [1.807, 2.05) is 27.7 Å². The molecule has 0 aromatic carbocycles. The number of rotatable bonds is 16. The molecule has 0 spiro atoms. The Morgan fingerprint density at radius 2 is 1.30 bits per heavy atom. The fourth-order valence-electron chi connectivity index (χ4n) is 7.82. The molecule has 15 nitrogen and oxygen atoms in total. The number of aliphatic hydroxyl groups excluding tert-OH is 1. The van der Waals surface area contributed by atoms with Crippen molar-refractivity contribution in [2.45, 2.75) is 161 Å². The number of carbonyl (C=O) groups is 7. The molecule has 2 aliphatic heterocycles. The van der Waals surface area contributed by atoms with Crippen molar-refractivity contribution in [1.82, 2.24) is 31.1 Å². The summed E-state index contributed by atoms with van der Waals surface area (Å²) >= 11 is 0. The van der Waals surface area contributed by atoms with Gasteiger partial charge in [-0.25, -0.2) is 0 Å². The Balaban J connectivity index is 1.75. The molecule has 1 aliphatic carbocycles. The summed E-state index contributed by atoms with van der Waals surface area (Å²) in [5, 5.41) is 30.7. The average Bonchev–Trinajstić information content (AvgIpc) is 3.60. The van der Waals surface area contributed by atoms with Gasteiger partial charge in [-0.05, 0) is 62.7 Å². The first kappa shape index (κ1) is 43.7. The predicted molar refractivity (Wildman–Crippen MR) is 197 cm³/mol. The van der Waals surface area contributed by atoms with Gasteiger partial charge in [-0.1, -0.05) is 66.7 Å². The van der Waals surface area contributed by atoms with Crippen LogP contribution in [0.15, 0.2) is 0 Å². The minimum absolute atomic E-state index is 0.116.